The fourth-order valence-electron chi connectivity index (χ4n) is 5.33. The summed E-state index contributed by atoms with van der Waals surface area (Å²) in [5, 5.41) is 5.92. The molecule has 1 atom stereocenters. The SMILES string of the molecule is CC(C)C(C)NC(=O)c1cccc(C(=O)Nc2nc3cc(N(C)C(=O)c4ccccc4)ccc3n2CCCN2CCCC2=O)c1. The molecule has 2 heterocycles. The van der Waals surface area contributed by atoms with Crippen LogP contribution in [0.15, 0.2) is 72.8 Å². The quantitative estimate of drug-likeness (QED) is 0.238. The zero-order chi connectivity index (χ0) is 32.1. The van der Waals surface area contributed by atoms with Gasteiger partial charge in [-0.05, 0) is 74.2 Å². The maximum absolute atomic E-state index is 13.5. The number of benzene rings is 3. The lowest BCUT2D eigenvalue weighted by atomic mass is 10.1. The smallest absolute Gasteiger partial charge is 0.258 e. The maximum Gasteiger partial charge on any atom is 0.258 e. The van der Waals surface area contributed by atoms with Crippen LogP contribution in [0, 0.1) is 5.92 Å². The Morgan fingerprint density at radius 2 is 1.60 bits per heavy atom. The van der Waals surface area contributed by atoms with Crippen LogP contribution in [0.2, 0.25) is 0 Å². The minimum absolute atomic E-state index is 0.0161. The van der Waals surface area contributed by atoms with Crippen molar-refractivity contribution in [3.05, 3.63) is 89.5 Å². The number of likely N-dealkylation sites (tertiary alicyclic amines) is 1. The Hall–Kier alpha value is -4.99. The van der Waals surface area contributed by atoms with Crippen molar-refractivity contribution in [2.24, 2.45) is 5.92 Å². The molecule has 10 nitrogen and oxygen atoms in total. The number of carbonyl (C=O) groups is 4. The molecule has 0 radical (unpaired) electrons. The van der Waals surface area contributed by atoms with Crippen LogP contribution in [0.3, 0.4) is 0 Å². The molecule has 2 N–H and O–H groups in total. The number of rotatable bonds is 11. The van der Waals surface area contributed by atoms with Crippen molar-refractivity contribution in [2.75, 3.05) is 30.4 Å². The first kappa shape index (κ1) is 31.4. The van der Waals surface area contributed by atoms with E-state index in [2.05, 4.69) is 10.6 Å². The molecule has 1 aromatic heterocycles. The Morgan fingerprint density at radius 1 is 0.889 bits per heavy atom. The standard InChI is InChI=1S/C35H40N6O4/c1-23(2)24(3)36-32(43)26-13-8-14-27(21-26)33(44)38-35-37-29-22-28(39(4)34(45)25-11-6-5-7-12-25)16-17-30(29)41(35)20-10-19-40-18-9-15-31(40)42/h5-8,11-14,16-17,21-24H,9-10,15,18-20H2,1-4H3,(H,36,43)(H,37,38,44). The molecule has 4 aromatic rings. The largest absolute Gasteiger partial charge is 0.349 e. The number of nitrogens with one attached hydrogen (secondary N) is 2. The van der Waals surface area contributed by atoms with Gasteiger partial charge < -0.3 is 19.7 Å². The number of imidazole rings is 1. The summed E-state index contributed by atoms with van der Waals surface area (Å²) in [5.41, 5.74) is 3.37. The van der Waals surface area contributed by atoms with E-state index in [9.17, 15) is 19.2 Å². The first-order chi connectivity index (χ1) is 21.6. The summed E-state index contributed by atoms with van der Waals surface area (Å²) in [5.74, 6) is 0.000980. The minimum Gasteiger partial charge on any atom is -0.349 e. The molecular formula is C35H40N6O4. The Balaban J connectivity index is 1.41. The lowest BCUT2D eigenvalue weighted by Gasteiger charge is -2.18. The first-order valence-electron chi connectivity index (χ1n) is 15.5. The summed E-state index contributed by atoms with van der Waals surface area (Å²) in [7, 11) is 1.72. The molecule has 1 aliphatic heterocycles. The predicted molar refractivity (Wildman–Crippen MR) is 176 cm³/mol. The molecule has 4 amide bonds. The van der Waals surface area contributed by atoms with Gasteiger partial charge in [0, 0.05) is 61.5 Å². The van der Waals surface area contributed by atoms with Gasteiger partial charge in [0.25, 0.3) is 17.7 Å². The van der Waals surface area contributed by atoms with Crippen LogP contribution in [0.4, 0.5) is 11.6 Å². The van der Waals surface area contributed by atoms with Crippen LogP contribution in [0.1, 0.15) is 71.1 Å². The van der Waals surface area contributed by atoms with Crippen molar-refractivity contribution in [1.29, 1.82) is 0 Å². The number of carbonyl (C=O) groups excluding carboxylic acids is 4. The lowest BCUT2D eigenvalue weighted by Crippen LogP contribution is -2.36. The van der Waals surface area contributed by atoms with Crippen molar-refractivity contribution >= 4 is 46.3 Å². The van der Waals surface area contributed by atoms with E-state index < -0.39 is 5.91 Å². The molecule has 10 heteroatoms. The van der Waals surface area contributed by atoms with Gasteiger partial charge in [-0.1, -0.05) is 38.1 Å². The fraction of sp³-hybridized carbons (Fsp3) is 0.343. The third-order valence-electron chi connectivity index (χ3n) is 8.40. The molecule has 1 unspecified atom stereocenters. The van der Waals surface area contributed by atoms with Crippen molar-refractivity contribution in [1.82, 2.24) is 19.8 Å². The number of fused-ring (bicyclic) bond motifs is 1. The van der Waals surface area contributed by atoms with Gasteiger partial charge in [-0.25, -0.2) is 4.98 Å². The number of amides is 4. The van der Waals surface area contributed by atoms with Crippen LogP contribution in [0.25, 0.3) is 11.0 Å². The highest BCUT2D eigenvalue weighted by Gasteiger charge is 2.22. The summed E-state index contributed by atoms with van der Waals surface area (Å²) >= 11 is 0. The van der Waals surface area contributed by atoms with Gasteiger partial charge in [-0.3, -0.25) is 24.5 Å². The number of aromatic nitrogens is 2. The molecule has 0 bridgehead atoms. The van der Waals surface area contributed by atoms with Crippen LogP contribution in [-0.2, 0) is 11.3 Å². The van der Waals surface area contributed by atoms with E-state index >= 15 is 0 Å². The Kier molecular flexibility index (Phi) is 9.61. The van der Waals surface area contributed by atoms with E-state index in [0.717, 1.165) is 18.5 Å². The molecular weight excluding hydrogens is 568 g/mol. The first-order valence-corrected chi connectivity index (χ1v) is 15.5. The molecule has 0 saturated carbocycles. The highest BCUT2D eigenvalue weighted by Crippen LogP contribution is 2.27. The molecule has 5 rings (SSSR count). The normalized spacial score (nSPS) is 13.7. The molecule has 1 fully saturated rings. The molecule has 0 spiro atoms. The lowest BCUT2D eigenvalue weighted by molar-refractivity contribution is -0.127. The minimum atomic E-state index is -0.399. The number of hydrogen-bond acceptors (Lipinski definition) is 5. The highest BCUT2D eigenvalue weighted by molar-refractivity contribution is 6.07. The summed E-state index contributed by atoms with van der Waals surface area (Å²) < 4.78 is 1.93. The van der Waals surface area contributed by atoms with E-state index in [-0.39, 0.29) is 29.7 Å². The van der Waals surface area contributed by atoms with Crippen LogP contribution in [-0.4, -0.2) is 64.3 Å². The van der Waals surface area contributed by atoms with E-state index in [1.807, 2.05) is 66.6 Å². The number of hydrogen-bond donors (Lipinski definition) is 2. The van der Waals surface area contributed by atoms with Gasteiger partial charge in [-0.15, -0.1) is 0 Å². The van der Waals surface area contributed by atoms with E-state index in [4.69, 9.17) is 4.98 Å². The molecule has 0 aliphatic carbocycles. The van der Waals surface area contributed by atoms with Gasteiger partial charge >= 0.3 is 0 Å². The molecule has 45 heavy (non-hydrogen) atoms. The van der Waals surface area contributed by atoms with Gasteiger partial charge in [-0.2, -0.15) is 0 Å². The third-order valence-corrected chi connectivity index (χ3v) is 8.40. The van der Waals surface area contributed by atoms with Crippen molar-refractivity contribution in [3.8, 4) is 0 Å². The summed E-state index contributed by atoms with van der Waals surface area (Å²) in [6, 6.07) is 21.2. The van der Waals surface area contributed by atoms with Gasteiger partial charge in [0.05, 0.1) is 11.0 Å². The average Bonchev–Trinajstić information content (AvgIpc) is 3.62. The zero-order valence-corrected chi connectivity index (χ0v) is 26.2. The van der Waals surface area contributed by atoms with E-state index in [1.54, 1.807) is 48.3 Å². The van der Waals surface area contributed by atoms with E-state index in [0.29, 0.717) is 59.8 Å². The molecule has 3 aromatic carbocycles. The van der Waals surface area contributed by atoms with Crippen molar-refractivity contribution in [2.45, 2.75) is 52.6 Å². The van der Waals surface area contributed by atoms with Crippen LogP contribution >= 0.6 is 0 Å². The van der Waals surface area contributed by atoms with Crippen LogP contribution < -0.4 is 15.5 Å². The second-order valence-corrected chi connectivity index (χ2v) is 11.9. The third kappa shape index (κ3) is 7.22. The summed E-state index contributed by atoms with van der Waals surface area (Å²) in [6.45, 7) is 7.91. The second kappa shape index (κ2) is 13.8. The summed E-state index contributed by atoms with van der Waals surface area (Å²) in [4.78, 5) is 59.8. The number of aryl methyl sites for hydroxylation is 1. The Labute approximate surface area is 263 Å². The summed E-state index contributed by atoms with van der Waals surface area (Å²) in [6.07, 6.45) is 2.14. The zero-order valence-electron chi connectivity index (χ0n) is 26.2. The molecule has 1 aliphatic rings. The molecule has 234 valence electrons. The van der Waals surface area contributed by atoms with Crippen LogP contribution in [0.5, 0.6) is 0 Å². The Morgan fingerprint density at radius 3 is 2.29 bits per heavy atom. The number of nitrogens with zero attached hydrogens (tertiary/aromatic N) is 4. The predicted octanol–water partition coefficient (Wildman–Crippen LogP) is 5.35. The Bertz CT molecular complexity index is 1710. The topological polar surface area (TPSA) is 117 Å². The van der Waals surface area contributed by atoms with Gasteiger partial charge in [0.2, 0.25) is 11.9 Å². The van der Waals surface area contributed by atoms with E-state index in [1.165, 1.54) is 0 Å². The molecule has 1 saturated heterocycles. The van der Waals surface area contributed by atoms with Crippen molar-refractivity contribution < 1.29 is 19.2 Å². The second-order valence-electron chi connectivity index (χ2n) is 11.9. The fourth-order valence-corrected chi connectivity index (χ4v) is 5.33. The monoisotopic (exact) mass is 608 g/mol. The van der Waals surface area contributed by atoms with Gasteiger partial charge in [0.15, 0.2) is 0 Å². The number of anilines is 2. The van der Waals surface area contributed by atoms with Crippen molar-refractivity contribution in [3.63, 3.8) is 0 Å². The van der Waals surface area contributed by atoms with Gasteiger partial charge in [0.1, 0.15) is 0 Å². The highest BCUT2D eigenvalue weighted by atomic mass is 16.2. The maximum atomic E-state index is 13.5. The average molecular weight is 609 g/mol.